The number of hydrogen-bond acceptors (Lipinski definition) is 3. The van der Waals surface area contributed by atoms with Crippen molar-refractivity contribution in [2.24, 2.45) is 5.92 Å². The Labute approximate surface area is 151 Å². The number of carbonyl (C=O) groups excluding carboxylic acids is 1. The number of rotatable bonds is 7. The zero-order chi connectivity index (χ0) is 18.4. The molecular formula is C20H39O3P. The number of ether oxygens (including phenoxy) is 2. The Morgan fingerprint density at radius 2 is 1.58 bits per heavy atom. The van der Waals surface area contributed by atoms with Crippen molar-refractivity contribution in [2.45, 2.75) is 97.9 Å². The lowest BCUT2D eigenvalue weighted by molar-refractivity contribution is -0.197. The van der Waals surface area contributed by atoms with Crippen LogP contribution in [0, 0.1) is 5.92 Å². The molecule has 24 heavy (non-hydrogen) atoms. The van der Waals surface area contributed by atoms with E-state index in [0.29, 0.717) is 19.8 Å². The Morgan fingerprint density at radius 1 is 1.08 bits per heavy atom. The molecule has 0 N–H and O–H groups in total. The number of esters is 1. The third kappa shape index (κ3) is 11.2. The molecule has 2 aliphatic rings. The van der Waals surface area contributed by atoms with E-state index in [-0.39, 0.29) is 12.1 Å². The van der Waals surface area contributed by atoms with Crippen LogP contribution < -0.4 is 0 Å². The van der Waals surface area contributed by atoms with E-state index in [1.165, 1.54) is 38.5 Å². The second-order valence-electron chi connectivity index (χ2n) is 6.65. The monoisotopic (exact) mass is 358 g/mol. The maximum absolute atomic E-state index is 11.7. The second-order valence-corrected chi connectivity index (χ2v) is 7.75. The van der Waals surface area contributed by atoms with E-state index >= 15 is 0 Å². The Balaban J connectivity index is 0.000000630. The molecule has 2 saturated carbocycles. The smallest absolute Gasteiger partial charge is 0.339 e. The first-order chi connectivity index (χ1) is 11.5. The van der Waals surface area contributed by atoms with Gasteiger partial charge in [0.15, 0.2) is 0 Å². The highest BCUT2D eigenvalue weighted by atomic mass is 31.1. The summed E-state index contributed by atoms with van der Waals surface area (Å²) in [6.07, 6.45) is 11.5. The molecule has 0 aliphatic heterocycles. The standard InChI is InChI=1S/C13H23O3P.C5H10.C2H6/c1-9(2)8-12(15-11-6-5-7-11)16-13(14)10(3)17-4;1-2-4-5-3-1;1-2/h9,11-12,17H,3,5-8H2,1-2,4H3;1-5H2;1-2H3. The van der Waals surface area contributed by atoms with Crippen LogP contribution in [0.4, 0.5) is 0 Å². The molecule has 0 aromatic carbocycles. The van der Waals surface area contributed by atoms with Crippen molar-refractivity contribution in [2.75, 3.05) is 6.66 Å². The SMILES string of the molecule is C1CCCC1.C=C(PC)C(=O)OC(CC(C)C)OC1CCC1.CC. The molecule has 2 unspecified atom stereocenters. The van der Waals surface area contributed by atoms with Gasteiger partial charge < -0.3 is 9.47 Å². The van der Waals surface area contributed by atoms with E-state index in [9.17, 15) is 4.79 Å². The minimum Gasteiger partial charge on any atom is -0.432 e. The first kappa shape index (κ1) is 23.6. The number of carbonyl (C=O) groups is 1. The van der Waals surface area contributed by atoms with Crippen LogP contribution in [-0.4, -0.2) is 25.0 Å². The summed E-state index contributed by atoms with van der Waals surface area (Å²) in [5, 5.41) is 0.538. The van der Waals surface area contributed by atoms with Gasteiger partial charge in [-0.15, -0.1) is 0 Å². The van der Waals surface area contributed by atoms with Crippen molar-refractivity contribution in [1.29, 1.82) is 0 Å². The maximum atomic E-state index is 11.7. The van der Waals surface area contributed by atoms with Crippen LogP contribution in [0.2, 0.25) is 0 Å². The van der Waals surface area contributed by atoms with Gasteiger partial charge in [-0.05, 0) is 31.8 Å². The molecule has 4 heteroatoms. The average Bonchev–Trinajstić information content (AvgIpc) is 3.11. The van der Waals surface area contributed by atoms with Gasteiger partial charge in [-0.1, -0.05) is 75.0 Å². The summed E-state index contributed by atoms with van der Waals surface area (Å²) in [4.78, 5) is 11.7. The van der Waals surface area contributed by atoms with Crippen LogP contribution in [0.1, 0.15) is 85.5 Å². The predicted octanol–water partition coefficient (Wildman–Crippen LogP) is 6.27. The van der Waals surface area contributed by atoms with Crippen molar-refractivity contribution in [3.05, 3.63) is 11.9 Å². The summed E-state index contributed by atoms with van der Waals surface area (Å²) in [5.74, 6) is 0.140. The van der Waals surface area contributed by atoms with Gasteiger partial charge in [0.25, 0.3) is 0 Å². The van der Waals surface area contributed by atoms with E-state index in [1.807, 2.05) is 20.5 Å². The van der Waals surface area contributed by atoms with Crippen LogP contribution in [0.3, 0.4) is 0 Å². The molecule has 0 saturated heterocycles. The van der Waals surface area contributed by atoms with Gasteiger partial charge in [0.2, 0.25) is 6.29 Å². The average molecular weight is 359 g/mol. The molecule has 2 aliphatic carbocycles. The van der Waals surface area contributed by atoms with E-state index in [2.05, 4.69) is 20.4 Å². The molecule has 0 aromatic rings. The van der Waals surface area contributed by atoms with Gasteiger partial charge in [0, 0.05) is 6.42 Å². The zero-order valence-corrected chi connectivity index (χ0v) is 17.5. The Morgan fingerprint density at radius 3 is 1.92 bits per heavy atom. The highest BCUT2D eigenvalue weighted by molar-refractivity contribution is 7.43. The third-order valence-corrected chi connectivity index (χ3v) is 4.90. The van der Waals surface area contributed by atoms with Crippen LogP contribution >= 0.6 is 8.58 Å². The molecule has 3 nitrogen and oxygen atoms in total. The maximum Gasteiger partial charge on any atom is 0.339 e. The second kappa shape index (κ2) is 14.9. The van der Waals surface area contributed by atoms with Crippen LogP contribution in [-0.2, 0) is 14.3 Å². The fourth-order valence-corrected chi connectivity index (χ4v) is 2.68. The van der Waals surface area contributed by atoms with Crippen molar-refractivity contribution < 1.29 is 14.3 Å². The highest BCUT2D eigenvalue weighted by Crippen LogP contribution is 2.27. The van der Waals surface area contributed by atoms with Crippen molar-refractivity contribution in [1.82, 2.24) is 0 Å². The fourth-order valence-electron chi connectivity index (χ4n) is 2.41. The molecule has 0 aromatic heterocycles. The van der Waals surface area contributed by atoms with Gasteiger partial charge in [-0.2, -0.15) is 0 Å². The zero-order valence-electron chi connectivity index (χ0n) is 16.5. The molecule has 0 spiro atoms. The van der Waals surface area contributed by atoms with E-state index < -0.39 is 6.29 Å². The van der Waals surface area contributed by atoms with E-state index in [4.69, 9.17) is 9.47 Å². The third-order valence-electron chi connectivity index (χ3n) is 4.10. The minimum atomic E-state index is -0.402. The Bertz CT molecular complexity index is 326. The summed E-state index contributed by atoms with van der Waals surface area (Å²) in [6.45, 7) is 13.8. The van der Waals surface area contributed by atoms with E-state index in [0.717, 1.165) is 19.3 Å². The van der Waals surface area contributed by atoms with Gasteiger partial charge in [0.05, 0.1) is 11.4 Å². The molecule has 0 amide bonds. The van der Waals surface area contributed by atoms with Crippen LogP contribution in [0.5, 0.6) is 0 Å². The Hall–Kier alpha value is -0.400. The van der Waals surface area contributed by atoms with Gasteiger partial charge >= 0.3 is 5.97 Å². The Kier molecular flexibility index (Phi) is 14.7. The molecule has 2 fully saturated rings. The molecule has 0 radical (unpaired) electrons. The quantitative estimate of drug-likeness (QED) is 0.233. The topological polar surface area (TPSA) is 35.5 Å². The normalized spacial score (nSPS) is 18.2. The van der Waals surface area contributed by atoms with Crippen molar-refractivity contribution in [3.63, 3.8) is 0 Å². The molecule has 142 valence electrons. The van der Waals surface area contributed by atoms with Crippen LogP contribution in [0.25, 0.3) is 0 Å². The summed E-state index contributed by atoms with van der Waals surface area (Å²) < 4.78 is 11.1. The molecule has 2 atom stereocenters. The molecule has 2 rings (SSSR count). The lowest BCUT2D eigenvalue weighted by atomic mass is 9.96. The highest BCUT2D eigenvalue weighted by Gasteiger charge is 2.25. The molecule has 0 bridgehead atoms. The summed E-state index contributed by atoms with van der Waals surface area (Å²) in [5.41, 5.74) is 0. The van der Waals surface area contributed by atoms with Gasteiger partial charge in [-0.3, -0.25) is 0 Å². The molecule has 0 heterocycles. The van der Waals surface area contributed by atoms with Crippen LogP contribution in [0.15, 0.2) is 11.9 Å². The van der Waals surface area contributed by atoms with E-state index in [1.54, 1.807) is 0 Å². The van der Waals surface area contributed by atoms with Gasteiger partial charge in [0.1, 0.15) is 0 Å². The summed E-state index contributed by atoms with van der Waals surface area (Å²) in [7, 11) is 0.393. The predicted molar refractivity (Wildman–Crippen MR) is 106 cm³/mol. The summed E-state index contributed by atoms with van der Waals surface area (Å²) >= 11 is 0. The van der Waals surface area contributed by atoms with Crippen molar-refractivity contribution in [3.8, 4) is 0 Å². The van der Waals surface area contributed by atoms with Gasteiger partial charge in [-0.25, -0.2) is 4.79 Å². The minimum absolute atomic E-state index is 0.281. The van der Waals surface area contributed by atoms with Crippen molar-refractivity contribution >= 4 is 14.6 Å². The molecular weight excluding hydrogens is 319 g/mol. The summed E-state index contributed by atoms with van der Waals surface area (Å²) in [6, 6.07) is 0. The lowest BCUT2D eigenvalue weighted by Crippen LogP contribution is -2.32. The lowest BCUT2D eigenvalue weighted by Gasteiger charge is -2.30. The largest absolute Gasteiger partial charge is 0.432 e. The number of hydrogen-bond donors (Lipinski definition) is 0. The first-order valence-corrected chi connectivity index (χ1v) is 11.3. The fraction of sp³-hybridized carbons (Fsp3) is 0.850. The first-order valence-electron chi connectivity index (χ1n) is 9.76.